The van der Waals surface area contributed by atoms with Gasteiger partial charge in [-0.3, -0.25) is 28.9 Å². The first-order valence-electron chi connectivity index (χ1n) is 23.6. The number of benzene rings is 1. The molecule has 65 heavy (non-hydrogen) atoms. The Balaban J connectivity index is 1.39. The minimum absolute atomic E-state index is 0.00222. The van der Waals surface area contributed by atoms with E-state index in [0.29, 0.717) is 56.4 Å². The Morgan fingerprint density at radius 2 is 1.72 bits per heavy atom. The number of nitrogens with two attached hydrogens (primary N) is 2. The zero-order chi connectivity index (χ0) is 48.1. The van der Waals surface area contributed by atoms with E-state index in [0.717, 1.165) is 31.2 Å². The number of aliphatic hydroxyl groups is 1. The van der Waals surface area contributed by atoms with E-state index < -0.39 is 60.3 Å². The molecule has 0 spiro atoms. The van der Waals surface area contributed by atoms with E-state index in [4.69, 9.17) is 20.9 Å². The minimum Gasteiger partial charge on any atom is -0.394 e. The molecule has 7 amide bonds. The Labute approximate surface area is 386 Å². The van der Waals surface area contributed by atoms with Gasteiger partial charge in [0.1, 0.15) is 6.04 Å². The molecule has 1 aromatic rings. The number of urea groups is 1. The van der Waals surface area contributed by atoms with E-state index in [1.54, 1.807) is 49.1 Å². The van der Waals surface area contributed by atoms with Crippen molar-refractivity contribution in [3.63, 3.8) is 0 Å². The Kier molecular flexibility index (Phi) is 20.5. The molecule has 9 N–H and O–H groups in total. The van der Waals surface area contributed by atoms with Gasteiger partial charge in [0.15, 0.2) is 0 Å². The molecule has 0 aromatic heterocycles. The van der Waals surface area contributed by atoms with Crippen LogP contribution in [0.3, 0.4) is 0 Å². The molecule has 8 unspecified atom stereocenters. The number of ether oxygens (including phenoxy) is 2. The maximum atomic E-state index is 14.4. The Hall–Kier alpha value is -4.36. The van der Waals surface area contributed by atoms with Gasteiger partial charge in [0, 0.05) is 46.1 Å². The van der Waals surface area contributed by atoms with Crippen molar-refractivity contribution in [3.8, 4) is 0 Å². The van der Waals surface area contributed by atoms with Gasteiger partial charge in [-0.2, -0.15) is 0 Å². The van der Waals surface area contributed by atoms with Crippen LogP contribution in [0.2, 0.25) is 0 Å². The number of hydrogen-bond donors (Lipinski definition) is 7. The van der Waals surface area contributed by atoms with E-state index in [2.05, 4.69) is 26.2 Å². The van der Waals surface area contributed by atoms with Crippen LogP contribution in [0.15, 0.2) is 24.3 Å². The number of rotatable bonds is 25. The summed E-state index contributed by atoms with van der Waals surface area (Å²) in [5.41, 5.74) is 12.4. The average molecular weight is 914 g/mol. The fraction of sp³-hybridized carbons (Fsp3) is 0.745. The number of nitrogens with one attached hydrogen (secondary N) is 4. The second kappa shape index (κ2) is 25.0. The maximum Gasteiger partial charge on any atom is 0.312 e. The Morgan fingerprint density at radius 1 is 1.00 bits per heavy atom. The number of likely N-dealkylation sites (tertiary alicyclic amines) is 2. The third kappa shape index (κ3) is 13.8. The van der Waals surface area contributed by atoms with Crippen molar-refractivity contribution in [1.82, 2.24) is 30.7 Å². The average Bonchev–Trinajstić information content (AvgIpc) is 4.04. The largest absolute Gasteiger partial charge is 0.394 e. The lowest BCUT2D eigenvalue weighted by atomic mass is 9.89. The van der Waals surface area contributed by atoms with Crippen LogP contribution in [0.1, 0.15) is 98.0 Å². The summed E-state index contributed by atoms with van der Waals surface area (Å²) in [6.45, 7) is 10.1. The van der Waals surface area contributed by atoms with Crippen LogP contribution in [0.5, 0.6) is 0 Å². The molecule has 1 aliphatic carbocycles. The number of amides is 7. The molecule has 18 nitrogen and oxygen atoms in total. The number of carbonyl (C=O) groups excluding carboxylic acids is 6. The predicted octanol–water partition coefficient (Wildman–Crippen LogP) is 1.96. The molecule has 2 bridgehead atoms. The van der Waals surface area contributed by atoms with Crippen LogP contribution in [0.25, 0.3) is 0 Å². The summed E-state index contributed by atoms with van der Waals surface area (Å²) in [6.07, 6.45) is 4.96. The molecular weight excluding hydrogens is 835 g/mol. The number of piperidine rings is 1. The summed E-state index contributed by atoms with van der Waals surface area (Å²) in [7, 11) is 6.82. The number of fused-ring (bicyclic) bond motifs is 2. The van der Waals surface area contributed by atoms with Crippen molar-refractivity contribution in [3.05, 3.63) is 29.8 Å². The quantitative estimate of drug-likeness (QED) is 0.0699. The number of methoxy groups -OCH3 is 2. The van der Waals surface area contributed by atoms with Gasteiger partial charge in [0.05, 0.1) is 61.4 Å². The number of primary amides is 1. The molecule has 366 valence electrons. The summed E-state index contributed by atoms with van der Waals surface area (Å²) >= 11 is 0. The third-order valence-corrected chi connectivity index (χ3v) is 14.2. The van der Waals surface area contributed by atoms with E-state index >= 15 is 0 Å². The Morgan fingerprint density at radius 3 is 2.32 bits per heavy atom. The maximum absolute atomic E-state index is 14.4. The van der Waals surface area contributed by atoms with Crippen molar-refractivity contribution in [2.75, 3.05) is 53.3 Å². The Bertz CT molecular complexity index is 1770. The number of likely N-dealkylation sites (N-methyl/N-ethyl adjacent to an activating group) is 2. The molecular formula is C47H79N9O9. The highest BCUT2D eigenvalue weighted by molar-refractivity contribution is 5.94. The van der Waals surface area contributed by atoms with Crippen molar-refractivity contribution in [2.45, 2.75) is 153 Å². The predicted molar refractivity (Wildman–Crippen MR) is 248 cm³/mol. The van der Waals surface area contributed by atoms with E-state index in [9.17, 15) is 33.9 Å². The zero-order valence-electron chi connectivity index (χ0n) is 40.2. The highest BCUT2D eigenvalue weighted by Crippen LogP contribution is 2.41. The first-order chi connectivity index (χ1) is 30.9. The SMILES string of the molecule is CCC(C)C(C(CC(=O)N1CCC[C@H]1C(OC)C(C)C(=O)NC(CO)Cc1cccc(NC(=O)C(N)CCCNC(N)=O)c1)OC)N(C)C(=O)C(NC(=O)[C@@H]1[C@H]2CC[C@H](C2)N1C)C(C)C. The van der Waals surface area contributed by atoms with Crippen LogP contribution in [0, 0.1) is 23.7 Å². The second-order valence-electron chi connectivity index (χ2n) is 19.0. The summed E-state index contributed by atoms with van der Waals surface area (Å²) in [6, 6.07) is 3.49. The van der Waals surface area contributed by atoms with Crippen LogP contribution in [-0.2, 0) is 39.9 Å². The number of carbonyl (C=O) groups is 6. The van der Waals surface area contributed by atoms with Crippen molar-refractivity contribution in [1.29, 1.82) is 0 Å². The monoisotopic (exact) mass is 914 g/mol. The lowest BCUT2D eigenvalue weighted by molar-refractivity contribution is -0.148. The van der Waals surface area contributed by atoms with Crippen molar-refractivity contribution >= 4 is 41.3 Å². The van der Waals surface area contributed by atoms with Crippen LogP contribution in [-0.4, -0.2) is 158 Å². The van der Waals surface area contributed by atoms with Crippen molar-refractivity contribution < 1.29 is 43.3 Å². The molecule has 1 aromatic carbocycles. The molecule has 2 saturated heterocycles. The summed E-state index contributed by atoms with van der Waals surface area (Å²) < 4.78 is 12.0. The third-order valence-electron chi connectivity index (χ3n) is 14.2. The van der Waals surface area contributed by atoms with Gasteiger partial charge in [-0.25, -0.2) is 4.79 Å². The van der Waals surface area contributed by atoms with Gasteiger partial charge in [-0.1, -0.05) is 53.2 Å². The van der Waals surface area contributed by atoms with E-state index in [1.165, 1.54) is 7.11 Å². The van der Waals surface area contributed by atoms with Crippen LogP contribution < -0.4 is 32.7 Å². The zero-order valence-corrected chi connectivity index (χ0v) is 40.2. The molecule has 2 heterocycles. The summed E-state index contributed by atoms with van der Waals surface area (Å²) in [5, 5.41) is 21.7. The van der Waals surface area contributed by atoms with Gasteiger partial charge in [-0.05, 0) is 93.9 Å². The second-order valence-corrected chi connectivity index (χ2v) is 19.0. The molecule has 1 saturated carbocycles. The van der Waals surface area contributed by atoms with E-state index in [1.807, 2.05) is 40.8 Å². The van der Waals surface area contributed by atoms with Crippen LogP contribution >= 0.6 is 0 Å². The molecule has 12 atom stereocenters. The molecule has 4 rings (SSSR count). The van der Waals surface area contributed by atoms with E-state index in [-0.39, 0.29) is 61.0 Å². The lowest BCUT2D eigenvalue weighted by Crippen LogP contribution is -2.60. The summed E-state index contributed by atoms with van der Waals surface area (Å²) in [4.78, 5) is 85.5. The molecule has 3 fully saturated rings. The minimum atomic E-state index is -0.803. The standard InChI is InChI=1S/C47H79N9O9/c1-10-28(4)40(55(7)46(62)39(27(2)3)53-45(61)41-31-18-19-34(24-31)54(41)6)37(64-8)25-38(58)56-21-13-17-36(56)42(65-9)29(5)43(59)52-33(26-57)23-30-14-11-15-32(22-30)51-44(60)35(48)16-12-20-50-47(49)63/h11,14-15,22,27-29,31,33-37,39-42,57H,10,12-13,16-21,23-26,48H2,1-9H3,(H,51,60)(H,52,59)(H,53,61)(H3,49,50,63)/t28?,29?,31-,33?,34+,35?,36-,37?,39?,40?,41-,42?/m0/s1. The number of hydrogen-bond acceptors (Lipinski definition) is 11. The smallest absolute Gasteiger partial charge is 0.312 e. The molecule has 0 radical (unpaired) electrons. The van der Waals surface area contributed by atoms with Gasteiger partial charge in [-0.15, -0.1) is 0 Å². The molecule has 3 aliphatic rings. The van der Waals surface area contributed by atoms with Gasteiger partial charge >= 0.3 is 6.03 Å². The van der Waals surface area contributed by atoms with Gasteiger partial charge < -0.3 is 57.1 Å². The first-order valence-corrected chi connectivity index (χ1v) is 23.6. The number of anilines is 1. The number of nitrogens with zero attached hydrogens (tertiary/aromatic N) is 3. The lowest BCUT2D eigenvalue weighted by Gasteiger charge is -2.41. The highest BCUT2D eigenvalue weighted by Gasteiger charge is 2.49. The highest BCUT2D eigenvalue weighted by atomic mass is 16.5. The summed E-state index contributed by atoms with van der Waals surface area (Å²) in [5.74, 6) is -1.85. The molecule has 2 aliphatic heterocycles. The van der Waals surface area contributed by atoms with Crippen LogP contribution in [0.4, 0.5) is 10.5 Å². The topological polar surface area (TPSA) is 251 Å². The van der Waals surface area contributed by atoms with Gasteiger partial charge in [0.25, 0.3) is 0 Å². The normalized spacial score (nSPS) is 23.2. The van der Waals surface area contributed by atoms with Gasteiger partial charge in [0.2, 0.25) is 29.5 Å². The number of aliphatic hydroxyl groups excluding tert-OH is 1. The fourth-order valence-corrected chi connectivity index (χ4v) is 10.3. The fourth-order valence-electron chi connectivity index (χ4n) is 10.3. The van der Waals surface area contributed by atoms with Crippen molar-refractivity contribution in [2.24, 2.45) is 35.1 Å². The first kappa shape index (κ1) is 53.3. The molecule has 18 heteroatoms.